The summed E-state index contributed by atoms with van der Waals surface area (Å²) in [6.45, 7) is 32.9. The third kappa shape index (κ3) is 66.3. The molecule has 0 radical (unpaired) electrons. The zero-order valence-corrected chi connectivity index (χ0v) is 69.9. The number of rotatable bonds is 89. The van der Waals surface area contributed by atoms with Crippen LogP contribution in [0.25, 0.3) is 0 Å². The summed E-state index contributed by atoms with van der Waals surface area (Å²) < 4.78 is 132. The Kier molecular flexibility index (Phi) is 75.2. The van der Waals surface area contributed by atoms with Crippen LogP contribution < -0.4 is 10.1 Å². The quantitative estimate of drug-likeness (QED) is 0.0580. The Balaban J connectivity index is 1.90. The number of hydrogen-bond donors (Lipinski definition) is 2. The molecule has 30 nitrogen and oxygen atoms in total. The predicted octanol–water partition coefficient (Wildman–Crippen LogP) is 8.23. The molecule has 0 fully saturated rings. The van der Waals surface area contributed by atoms with Crippen LogP contribution in [0.1, 0.15) is 111 Å². The molecule has 0 aliphatic rings. The molecule has 31 heteroatoms. The lowest BCUT2D eigenvalue weighted by molar-refractivity contribution is -0.143. The second-order valence-electron chi connectivity index (χ2n) is 26.8. The van der Waals surface area contributed by atoms with E-state index in [0.717, 1.165) is 43.4 Å². The van der Waals surface area contributed by atoms with E-state index in [9.17, 15) is 24.8 Å². The smallest absolute Gasteiger partial charge is 0.306 e. The molecule has 0 aromatic heterocycles. The van der Waals surface area contributed by atoms with Gasteiger partial charge in [-0.15, -0.1) is 0 Å². The van der Waals surface area contributed by atoms with Crippen LogP contribution in [0.4, 0.5) is 0 Å². The largest absolute Gasteiger partial charge is 0.497 e. The molecular weight excluding hydrogens is 1470 g/mol. The predicted molar refractivity (Wildman–Crippen MR) is 420 cm³/mol. The Morgan fingerprint density at radius 1 is 0.414 bits per heavy atom. The van der Waals surface area contributed by atoms with Crippen LogP contribution in [-0.4, -0.2) is 346 Å². The van der Waals surface area contributed by atoms with E-state index in [1.807, 2.05) is 31.2 Å². The lowest BCUT2D eigenvalue weighted by Gasteiger charge is -2.32. The van der Waals surface area contributed by atoms with Gasteiger partial charge < -0.3 is 124 Å². The maximum atomic E-state index is 14.2. The SMILES string of the molecule is CCCCC(CC)CSC(=O)C(CC(CC(C)(C#N)CC(CC)c1ccc(OC)cc1)C(=O)O)CC(C)(C)C(=O)NCCOCCOCCOCCOCCOCCOCCOCCOCCOCCOCCOCCOCCOCCOCCOCCOCCOCCOCCOCCOCCOCCOCCOC. The van der Waals surface area contributed by atoms with E-state index in [0.29, 0.717) is 309 Å². The minimum Gasteiger partial charge on any atom is -0.497 e. The Morgan fingerprint density at radius 3 is 0.964 bits per heavy atom. The number of methoxy groups -OCH3 is 2. The fraction of sp³-hybridized carbons (Fsp3) is 0.875. The fourth-order valence-corrected chi connectivity index (χ4v) is 12.0. The molecule has 0 aliphatic heterocycles. The fourth-order valence-electron chi connectivity index (χ4n) is 10.8. The van der Waals surface area contributed by atoms with Crippen molar-refractivity contribution in [3.05, 3.63) is 29.8 Å². The third-order valence-corrected chi connectivity index (χ3v) is 18.4. The van der Waals surface area contributed by atoms with Gasteiger partial charge in [-0.25, -0.2) is 0 Å². The summed E-state index contributed by atoms with van der Waals surface area (Å²) >= 11 is 1.25. The first-order valence-electron chi connectivity index (χ1n) is 40.2. The van der Waals surface area contributed by atoms with Gasteiger partial charge in [-0.3, -0.25) is 14.4 Å². The van der Waals surface area contributed by atoms with E-state index >= 15 is 0 Å². The maximum absolute atomic E-state index is 14.2. The summed E-state index contributed by atoms with van der Waals surface area (Å²) in [6.07, 6.45) is 5.59. The van der Waals surface area contributed by atoms with Crippen molar-refractivity contribution in [2.24, 2.45) is 28.6 Å². The van der Waals surface area contributed by atoms with Crippen molar-refractivity contribution in [3.63, 3.8) is 0 Å². The Hall–Kier alpha value is -3.45. The van der Waals surface area contributed by atoms with Gasteiger partial charge in [0.25, 0.3) is 0 Å². The van der Waals surface area contributed by atoms with Gasteiger partial charge >= 0.3 is 5.97 Å². The lowest BCUT2D eigenvalue weighted by Crippen LogP contribution is -2.41. The van der Waals surface area contributed by atoms with Crippen molar-refractivity contribution in [3.8, 4) is 11.8 Å². The molecule has 0 heterocycles. The third-order valence-electron chi connectivity index (χ3n) is 17.1. The normalized spacial score (nSPS) is 13.5. The first-order chi connectivity index (χ1) is 54.3. The van der Waals surface area contributed by atoms with Crippen LogP contribution in [0.5, 0.6) is 5.75 Å². The minimum absolute atomic E-state index is 0.0206. The molecule has 0 spiro atoms. The van der Waals surface area contributed by atoms with Gasteiger partial charge in [-0.05, 0) is 75.0 Å². The Morgan fingerprint density at radius 2 is 0.712 bits per heavy atom. The summed E-state index contributed by atoms with van der Waals surface area (Å²) in [4.78, 5) is 40.9. The van der Waals surface area contributed by atoms with Crippen molar-refractivity contribution < 1.29 is 133 Å². The second-order valence-corrected chi connectivity index (χ2v) is 27.8. The van der Waals surface area contributed by atoms with Gasteiger partial charge in [0.15, 0.2) is 5.12 Å². The molecule has 650 valence electrons. The zero-order valence-electron chi connectivity index (χ0n) is 69.0. The number of amides is 1. The first-order valence-corrected chi connectivity index (χ1v) is 41.2. The van der Waals surface area contributed by atoms with Gasteiger partial charge in [0, 0.05) is 30.7 Å². The molecule has 5 atom stereocenters. The van der Waals surface area contributed by atoms with Crippen molar-refractivity contribution >= 4 is 28.8 Å². The lowest BCUT2D eigenvalue weighted by atomic mass is 9.71. The summed E-state index contributed by atoms with van der Waals surface area (Å²) in [6, 6.07) is 10.2. The van der Waals surface area contributed by atoms with E-state index in [1.165, 1.54) is 11.8 Å². The average Bonchev–Trinajstić information content (AvgIpc) is 0.827. The molecule has 2 N–H and O–H groups in total. The highest BCUT2D eigenvalue weighted by Crippen LogP contribution is 2.42. The van der Waals surface area contributed by atoms with E-state index in [-0.39, 0.29) is 49.4 Å². The molecule has 5 unspecified atom stereocenters. The highest BCUT2D eigenvalue weighted by Gasteiger charge is 2.40. The number of nitrogens with one attached hydrogen (secondary N) is 1. The van der Waals surface area contributed by atoms with Crippen LogP contribution >= 0.6 is 11.8 Å². The first kappa shape index (κ1) is 106. The van der Waals surface area contributed by atoms with Crippen molar-refractivity contribution in [1.29, 1.82) is 5.26 Å². The van der Waals surface area contributed by atoms with Gasteiger partial charge in [0.2, 0.25) is 5.91 Å². The summed E-state index contributed by atoms with van der Waals surface area (Å²) in [5, 5.41) is 24.0. The minimum atomic E-state index is -1.05. The molecule has 0 saturated carbocycles. The number of unbranched alkanes of at least 4 members (excludes halogenated alkanes) is 1. The number of thioether (sulfide) groups is 1. The molecule has 1 aromatic carbocycles. The van der Waals surface area contributed by atoms with Crippen LogP contribution in [0.2, 0.25) is 0 Å². The number of carbonyl (C=O) groups excluding carboxylic acids is 2. The molecule has 0 aliphatic carbocycles. The number of aliphatic carboxylic acids is 1. The molecular formula is C80H146N2O28S. The number of benzene rings is 1. The number of ether oxygens (including phenoxy) is 24. The molecule has 1 amide bonds. The van der Waals surface area contributed by atoms with E-state index in [4.69, 9.17) is 114 Å². The van der Waals surface area contributed by atoms with Gasteiger partial charge in [0.05, 0.1) is 322 Å². The van der Waals surface area contributed by atoms with E-state index in [1.54, 1.807) is 28.1 Å². The van der Waals surface area contributed by atoms with Crippen LogP contribution in [0.15, 0.2) is 24.3 Å². The van der Waals surface area contributed by atoms with Gasteiger partial charge in [-0.2, -0.15) is 5.26 Å². The maximum Gasteiger partial charge on any atom is 0.306 e. The van der Waals surface area contributed by atoms with Crippen molar-refractivity contribution in [2.75, 3.05) is 324 Å². The number of nitrogens with zero attached hydrogens (tertiary/aromatic N) is 1. The number of carboxylic acid groups (broad SMARTS) is 1. The molecule has 1 aromatic rings. The standard InChI is InChI=1S/C80H146N2O28S/c1-9-12-13-70(10-2)68-111-77(85)74(64-73(76(83)84)67-80(6,69-81)66-71(11-3)72-14-16-75(88-8)17-15-72)65-79(4,5)78(86)82-18-19-89-22-23-91-26-27-93-30-31-95-34-35-97-38-39-99-42-43-101-46-47-103-50-51-105-54-55-107-58-59-109-62-63-110-61-60-108-57-56-106-53-52-104-49-48-102-45-44-100-41-40-98-37-36-96-33-32-94-29-28-92-25-24-90-21-20-87-7/h14-17,70-71,73-74H,9-13,18-68H2,1-8H3,(H,82,86)(H,83,84). The van der Waals surface area contributed by atoms with Gasteiger partial charge in [0.1, 0.15) is 5.75 Å². The number of carboxylic acids is 1. The number of carbonyl (C=O) groups is 3. The van der Waals surface area contributed by atoms with E-state index in [2.05, 4.69) is 32.2 Å². The van der Waals surface area contributed by atoms with Crippen LogP contribution in [0, 0.1) is 39.9 Å². The van der Waals surface area contributed by atoms with Gasteiger partial charge in [-0.1, -0.05) is 77.8 Å². The van der Waals surface area contributed by atoms with Crippen molar-refractivity contribution in [2.45, 2.75) is 105 Å². The molecule has 0 bridgehead atoms. The van der Waals surface area contributed by atoms with Crippen LogP contribution in [0.3, 0.4) is 0 Å². The Labute approximate surface area is 669 Å². The van der Waals surface area contributed by atoms with E-state index < -0.39 is 28.6 Å². The molecule has 0 saturated heterocycles. The topological polar surface area (TPSA) is 329 Å². The number of nitriles is 1. The average molecular weight is 1620 g/mol. The highest BCUT2D eigenvalue weighted by atomic mass is 32.2. The summed E-state index contributed by atoms with van der Waals surface area (Å²) in [5.41, 5.74) is -0.923. The second kappa shape index (κ2) is 79.0. The Bertz CT molecular complexity index is 2250. The summed E-state index contributed by atoms with van der Waals surface area (Å²) in [7, 11) is 3.25. The summed E-state index contributed by atoms with van der Waals surface area (Å²) in [5.74, 6) is -1.23. The highest BCUT2D eigenvalue weighted by molar-refractivity contribution is 8.13. The molecule has 111 heavy (non-hydrogen) atoms. The van der Waals surface area contributed by atoms with Crippen LogP contribution in [-0.2, 0) is 123 Å². The molecule has 1 rings (SSSR count). The van der Waals surface area contributed by atoms with Crippen molar-refractivity contribution in [1.82, 2.24) is 5.32 Å². The zero-order chi connectivity index (χ0) is 80.7. The monoisotopic (exact) mass is 1610 g/mol. The number of hydrogen-bond acceptors (Lipinski definition) is 29.